The van der Waals surface area contributed by atoms with Crippen LogP contribution in [-0.4, -0.2) is 16.3 Å². The maximum absolute atomic E-state index is 4.54. The summed E-state index contributed by atoms with van der Waals surface area (Å²) in [5.41, 5.74) is 6.55. The highest BCUT2D eigenvalue weighted by molar-refractivity contribution is 5.31. The Morgan fingerprint density at radius 1 is 1.24 bits per heavy atom. The SMILES string of the molecule is CCNC(Cc1c(C)nn(C)c1C)c1cccc(CC)c1. The predicted molar refractivity (Wildman–Crippen MR) is 88.6 cm³/mol. The Labute approximate surface area is 128 Å². The first-order valence-electron chi connectivity index (χ1n) is 7.88. The molecular weight excluding hydrogens is 258 g/mol. The average Bonchev–Trinajstić information content (AvgIpc) is 2.73. The molecule has 1 unspecified atom stereocenters. The molecule has 2 rings (SSSR count). The number of rotatable bonds is 6. The topological polar surface area (TPSA) is 29.9 Å². The first-order valence-corrected chi connectivity index (χ1v) is 7.88. The van der Waals surface area contributed by atoms with Crippen LogP contribution in [0.5, 0.6) is 0 Å². The monoisotopic (exact) mass is 285 g/mol. The molecule has 0 amide bonds. The van der Waals surface area contributed by atoms with Gasteiger partial charge in [-0.25, -0.2) is 0 Å². The van der Waals surface area contributed by atoms with E-state index >= 15 is 0 Å². The Morgan fingerprint density at radius 2 is 2.00 bits per heavy atom. The fraction of sp³-hybridized carbons (Fsp3) is 0.500. The van der Waals surface area contributed by atoms with E-state index in [2.05, 4.69) is 62.4 Å². The molecule has 0 bridgehead atoms. The van der Waals surface area contributed by atoms with Crippen LogP contribution in [0.3, 0.4) is 0 Å². The van der Waals surface area contributed by atoms with Crippen molar-refractivity contribution < 1.29 is 0 Å². The van der Waals surface area contributed by atoms with Crippen LogP contribution in [0.15, 0.2) is 24.3 Å². The van der Waals surface area contributed by atoms with E-state index in [1.54, 1.807) is 0 Å². The zero-order valence-corrected chi connectivity index (χ0v) is 13.9. The summed E-state index contributed by atoms with van der Waals surface area (Å²) in [5.74, 6) is 0. The van der Waals surface area contributed by atoms with Crippen molar-refractivity contribution in [1.82, 2.24) is 15.1 Å². The minimum atomic E-state index is 0.350. The smallest absolute Gasteiger partial charge is 0.0629 e. The van der Waals surface area contributed by atoms with E-state index < -0.39 is 0 Å². The second-order valence-electron chi connectivity index (χ2n) is 5.69. The molecule has 0 spiro atoms. The van der Waals surface area contributed by atoms with Crippen LogP contribution in [-0.2, 0) is 19.9 Å². The highest BCUT2D eigenvalue weighted by Gasteiger charge is 2.17. The minimum Gasteiger partial charge on any atom is -0.310 e. The molecule has 1 aromatic heterocycles. The standard InChI is InChI=1S/C18H27N3/c1-6-15-9-8-10-16(11-15)18(19-7-2)12-17-13(3)20-21(5)14(17)4/h8-11,18-19H,6-7,12H2,1-5H3. The summed E-state index contributed by atoms with van der Waals surface area (Å²) in [6, 6.07) is 9.28. The molecule has 0 saturated carbocycles. The van der Waals surface area contributed by atoms with Crippen LogP contribution >= 0.6 is 0 Å². The average molecular weight is 285 g/mol. The number of aryl methyl sites for hydroxylation is 3. The van der Waals surface area contributed by atoms with Crippen molar-refractivity contribution in [3.8, 4) is 0 Å². The van der Waals surface area contributed by atoms with Gasteiger partial charge in [-0.15, -0.1) is 0 Å². The molecule has 0 radical (unpaired) electrons. The van der Waals surface area contributed by atoms with Crippen LogP contribution in [0.2, 0.25) is 0 Å². The van der Waals surface area contributed by atoms with Gasteiger partial charge >= 0.3 is 0 Å². The maximum atomic E-state index is 4.54. The van der Waals surface area contributed by atoms with E-state index in [-0.39, 0.29) is 0 Å². The molecule has 3 nitrogen and oxygen atoms in total. The Hall–Kier alpha value is -1.61. The van der Waals surface area contributed by atoms with E-state index in [0.29, 0.717) is 6.04 Å². The quantitative estimate of drug-likeness (QED) is 0.880. The van der Waals surface area contributed by atoms with Gasteiger partial charge in [0.1, 0.15) is 0 Å². The molecule has 21 heavy (non-hydrogen) atoms. The van der Waals surface area contributed by atoms with Crippen molar-refractivity contribution >= 4 is 0 Å². The van der Waals surface area contributed by atoms with E-state index in [4.69, 9.17) is 0 Å². The largest absolute Gasteiger partial charge is 0.310 e. The molecule has 3 heteroatoms. The zero-order valence-electron chi connectivity index (χ0n) is 13.9. The van der Waals surface area contributed by atoms with Crippen LogP contribution in [0.4, 0.5) is 0 Å². The number of nitrogens with zero attached hydrogens (tertiary/aromatic N) is 2. The Balaban J connectivity index is 2.30. The molecule has 1 heterocycles. The van der Waals surface area contributed by atoms with Crippen molar-refractivity contribution in [3.63, 3.8) is 0 Å². The molecule has 0 aliphatic carbocycles. The van der Waals surface area contributed by atoms with Gasteiger partial charge in [-0.1, -0.05) is 38.1 Å². The van der Waals surface area contributed by atoms with Gasteiger partial charge in [-0.2, -0.15) is 5.10 Å². The summed E-state index contributed by atoms with van der Waals surface area (Å²) >= 11 is 0. The Morgan fingerprint density at radius 3 is 2.57 bits per heavy atom. The number of aromatic nitrogens is 2. The van der Waals surface area contributed by atoms with Crippen molar-refractivity contribution in [2.24, 2.45) is 7.05 Å². The van der Waals surface area contributed by atoms with E-state index in [1.807, 2.05) is 11.7 Å². The first kappa shape index (κ1) is 15.8. The van der Waals surface area contributed by atoms with Gasteiger partial charge in [0.05, 0.1) is 5.69 Å². The molecule has 114 valence electrons. The van der Waals surface area contributed by atoms with Crippen molar-refractivity contribution in [3.05, 3.63) is 52.3 Å². The third-order valence-electron chi connectivity index (χ3n) is 4.28. The van der Waals surface area contributed by atoms with Gasteiger partial charge in [0.25, 0.3) is 0 Å². The van der Waals surface area contributed by atoms with Gasteiger partial charge in [0, 0.05) is 18.8 Å². The summed E-state index contributed by atoms with van der Waals surface area (Å²) in [5, 5.41) is 8.17. The van der Waals surface area contributed by atoms with Crippen molar-refractivity contribution in [2.45, 2.75) is 46.6 Å². The number of hydrogen-bond acceptors (Lipinski definition) is 2. The summed E-state index contributed by atoms with van der Waals surface area (Å²) in [4.78, 5) is 0. The van der Waals surface area contributed by atoms with Gasteiger partial charge in [0.15, 0.2) is 0 Å². The summed E-state index contributed by atoms with van der Waals surface area (Å²) in [6.45, 7) is 9.60. The first-order chi connectivity index (χ1) is 10.1. The highest BCUT2D eigenvalue weighted by atomic mass is 15.3. The molecule has 0 fully saturated rings. The number of likely N-dealkylation sites (N-methyl/N-ethyl adjacent to an activating group) is 1. The Kier molecular flexibility index (Phi) is 5.18. The molecule has 1 aromatic carbocycles. The second kappa shape index (κ2) is 6.90. The molecular formula is C18H27N3. The summed E-state index contributed by atoms with van der Waals surface area (Å²) < 4.78 is 1.98. The van der Waals surface area contributed by atoms with Gasteiger partial charge < -0.3 is 5.32 Å². The van der Waals surface area contributed by atoms with Crippen LogP contribution in [0.25, 0.3) is 0 Å². The number of hydrogen-bond donors (Lipinski definition) is 1. The number of nitrogens with one attached hydrogen (secondary N) is 1. The summed E-state index contributed by atoms with van der Waals surface area (Å²) in [6.07, 6.45) is 2.07. The van der Waals surface area contributed by atoms with Gasteiger partial charge in [-0.05, 0) is 49.9 Å². The second-order valence-corrected chi connectivity index (χ2v) is 5.69. The zero-order chi connectivity index (χ0) is 15.4. The molecule has 1 atom stereocenters. The van der Waals surface area contributed by atoms with E-state index in [9.17, 15) is 0 Å². The third-order valence-corrected chi connectivity index (χ3v) is 4.28. The lowest BCUT2D eigenvalue weighted by molar-refractivity contribution is 0.547. The van der Waals surface area contributed by atoms with Crippen LogP contribution in [0.1, 0.15) is 48.0 Å². The predicted octanol–water partition coefficient (Wildman–Crippen LogP) is 3.49. The normalized spacial score (nSPS) is 12.6. The Bertz CT molecular complexity index is 599. The summed E-state index contributed by atoms with van der Waals surface area (Å²) in [7, 11) is 2.02. The molecule has 0 saturated heterocycles. The van der Waals surface area contributed by atoms with Crippen molar-refractivity contribution in [1.29, 1.82) is 0 Å². The molecule has 1 N–H and O–H groups in total. The van der Waals surface area contributed by atoms with Gasteiger partial charge in [0.2, 0.25) is 0 Å². The fourth-order valence-corrected chi connectivity index (χ4v) is 2.90. The highest BCUT2D eigenvalue weighted by Crippen LogP contribution is 2.23. The molecule has 0 aliphatic rings. The van der Waals surface area contributed by atoms with Crippen LogP contribution in [0, 0.1) is 13.8 Å². The molecule has 2 aromatic rings. The van der Waals surface area contributed by atoms with Gasteiger partial charge in [-0.3, -0.25) is 4.68 Å². The lowest BCUT2D eigenvalue weighted by Gasteiger charge is -2.19. The lowest BCUT2D eigenvalue weighted by Crippen LogP contribution is -2.23. The maximum Gasteiger partial charge on any atom is 0.0629 e. The van der Waals surface area contributed by atoms with Crippen molar-refractivity contribution in [2.75, 3.05) is 6.54 Å². The number of benzene rings is 1. The van der Waals surface area contributed by atoms with E-state index in [1.165, 1.54) is 22.4 Å². The fourth-order valence-electron chi connectivity index (χ4n) is 2.90. The molecule has 0 aliphatic heterocycles. The minimum absolute atomic E-state index is 0.350. The lowest BCUT2D eigenvalue weighted by atomic mass is 9.96. The van der Waals surface area contributed by atoms with Crippen LogP contribution < -0.4 is 5.32 Å². The third kappa shape index (κ3) is 3.53. The van der Waals surface area contributed by atoms with E-state index in [0.717, 1.165) is 25.1 Å².